The number of aryl methyl sites for hydroxylation is 2. The zero-order valence-corrected chi connectivity index (χ0v) is 17.0. The van der Waals surface area contributed by atoms with Gasteiger partial charge < -0.3 is 14.8 Å². The molecule has 1 N–H and O–H groups in total. The van der Waals surface area contributed by atoms with Crippen molar-refractivity contribution in [2.45, 2.75) is 58.5 Å². The summed E-state index contributed by atoms with van der Waals surface area (Å²) in [4.78, 5) is 6.83. The van der Waals surface area contributed by atoms with E-state index in [9.17, 15) is 4.39 Å². The summed E-state index contributed by atoms with van der Waals surface area (Å²) in [5, 5.41) is 12.1. The van der Waals surface area contributed by atoms with Crippen molar-refractivity contribution < 1.29 is 4.39 Å². The number of guanidine groups is 1. The first kappa shape index (κ1) is 20.3. The van der Waals surface area contributed by atoms with E-state index in [0.29, 0.717) is 6.54 Å². The van der Waals surface area contributed by atoms with Crippen LogP contribution in [0.4, 0.5) is 4.39 Å². The summed E-state index contributed by atoms with van der Waals surface area (Å²) in [5.41, 5.74) is 1.06. The Morgan fingerprint density at radius 3 is 2.82 bits per heavy atom. The van der Waals surface area contributed by atoms with Crippen LogP contribution in [0.1, 0.15) is 49.8 Å². The van der Waals surface area contributed by atoms with Crippen molar-refractivity contribution in [3.63, 3.8) is 0 Å². The summed E-state index contributed by atoms with van der Waals surface area (Å²) >= 11 is 0. The lowest BCUT2D eigenvalue weighted by Gasteiger charge is -2.22. The minimum absolute atomic E-state index is 0.210. The fourth-order valence-electron chi connectivity index (χ4n) is 3.56. The molecule has 0 unspecified atom stereocenters. The zero-order chi connectivity index (χ0) is 19.8. The first-order chi connectivity index (χ1) is 13.7. The van der Waals surface area contributed by atoms with Gasteiger partial charge in [0.15, 0.2) is 5.96 Å². The van der Waals surface area contributed by atoms with Gasteiger partial charge in [-0.15, -0.1) is 10.2 Å². The maximum absolute atomic E-state index is 13.1. The van der Waals surface area contributed by atoms with Crippen molar-refractivity contribution in [1.82, 2.24) is 25.0 Å². The van der Waals surface area contributed by atoms with Gasteiger partial charge in [0.2, 0.25) is 0 Å². The summed E-state index contributed by atoms with van der Waals surface area (Å²) in [6.45, 7) is 5.34. The minimum atomic E-state index is -0.210. The van der Waals surface area contributed by atoms with Crippen LogP contribution >= 0.6 is 0 Å². The topological polar surface area (TPSA) is 58.3 Å². The van der Waals surface area contributed by atoms with Gasteiger partial charge in [0.05, 0.1) is 0 Å². The molecule has 0 atom stereocenters. The monoisotopic (exact) mass is 386 g/mol. The minimum Gasteiger partial charge on any atom is -0.357 e. The second-order valence-corrected chi connectivity index (χ2v) is 7.32. The standard InChI is InChI=1S/C21H31FN6/c1-3-23-21(27(2)16-17-10-12-18(22)13-11-17)24-14-7-9-20-26-25-19-8-5-4-6-15-28(19)20/h10-13H,3-9,14-16H2,1-2H3,(H,23,24). The van der Waals surface area contributed by atoms with Crippen LogP contribution in [0.25, 0.3) is 0 Å². The Morgan fingerprint density at radius 2 is 2.04 bits per heavy atom. The molecule has 7 heteroatoms. The highest BCUT2D eigenvalue weighted by molar-refractivity contribution is 5.79. The lowest BCUT2D eigenvalue weighted by Crippen LogP contribution is -2.38. The molecular weight excluding hydrogens is 355 g/mol. The third-order valence-corrected chi connectivity index (χ3v) is 5.04. The predicted octanol–water partition coefficient (Wildman–Crippen LogP) is 3.17. The van der Waals surface area contributed by atoms with Crippen molar-refractivity contribution in [2.75, 3.05) is 20.1 Å². The summed E-state index contributed by atoms with van der Waals surface area (Å²) in [5.74, 6) is 2.89. The van der Waals surface area contributed by atoms with Crippen LogP contribution in [0.15, 0.2) is 29.3 Å². The van der Waals surface area contributed by atoms with E-state index >= 15 is 0 Å². The molecule has 0 spiro atoms. The van der Waals surface area contributed by atoms with Gasteiger partial charge in [0.25, 0.3) is 0 Å². The van der Waals surface area contributed by atoms with Gasteiger partial charge in [-0.25, -0.2) is 4.39 Å². The Kier molecular flexibility index (Phi) is 7.39. The molecule has 28 heavy (non-hydrogen) atoms. The van der Waals surface area contributed by atoms with Crippen molar-refractivity contribution in [1.29, 1.82) is 0 Å². The molecule has 1 aliphatic heterocycles. The Balaban J connectivity index is 1.54. The molecule has 3 rings (SSSR count). The number of aliphatic imine (C=N–C) groups is 1. The largest absolute Gasteiger partial charge is 0.357 e. The first-order valence-electron chi connectivity index (χ1n) is 10.3. The third kappa shape index (κ3) is 5.53. The molecule has 0 bridgehead atoms. The molecule has 2 aromatic rings. The number of hydrogen-bond acceptors (Lipinski definition) is 3. The molecule has 0 fully saturated rings. The Labute approximate surface area is 166 Å². The fraction of sp³-hybridized carbons (Fsp3) is 0.571. The number of benzene rings is 1. The van der Waals surface area contributed by atoms with Gasteiger partial charge in [0, 0.05) is 46.1 Å². The lowest BCUT2D eigenvalue weighted by atomic mass is 10.2. The summed E-state index contributed by atoms with van der Waals surface area (Å²) < 4.78 is 15.4. The molecule has 2 heterocycles. The van der Waals surface area contributed by atoms with E-state index < -0.39 is 0 Å². The highest BCUT2D eigenvalue weighted by atomic mass is 19.1. The average molecular weight is 387 g/mol. The van der Waals surface area contributed by atoms with E-state index in [4.69, 9.17) is 4.99 Å². The number of rotatable bonds is 7. The summed E-state index contributed by atoms with van der Waals surface area (Å²) in [6, 6.07) is 6.61. The van der Waals surface area contributed by atoms with Crippen LogP contribution in [0.2, 0.25) is 0 Å². The Bertz CT molecular complexity index is 768. The molecule has 1 aliphatic rings. The Hall–Kier alpha value is -2.44. The van der Waals surface area contributed by atoms with Crippen molar-refractivity contribution >= 4 is 5.96 Å². The molecule has 0 radical (unpaired) electrons. The molecule has 1 aromatic heterocycles. The number of nitrogens with one attached hydrogen (secondary N) is 1. The van der Waals surface area contributed by atoms with Crippen LogP contribution in [0.5, 0.6) is 0 Å². The molecule has 0 saturated carbocycles. The van der Waals surface area contributed by atoms with Crippen LogP contribution in [-0.2, 0) is 25.9 Å². The van der Waals surface area contributed by atoms with Crippen LogP contribution < -0.4 is 5.32 Å². The highest BCUT2D eigenvalue weighted by Gasteiger charge is 2.14. The fourth-order valence-corrected chi connectivity index (χ4v) is 3.56. The second kappa shape index (κ2) is 10.2. The Morgan fingerprint density at radius 1 is 1.21 bits per heavy atom. The molecular formula is C21H31FN6. The quantitative estimate of drug-likeness (QED) is 0.451. The highest BCUT2D eigenvalue weighted by Crippen LogP contribution is 2.15. The van der Waals surface area contributed by atoms with Gasteiger partial charge in [0.1, 0.15) is 17.5 Å². The van der Waals surface area contributed by atoms with E-state index in [2.05, 4.69) is 31.9 Å². The van der Waals surface area contributed by atoms with Gasteiger partial charge >= 0.3 is 0 Å². The van der Waals surface area contributed by atoms with Gasteiger partial charge in [-0.2, -0.15) is 0 Å². The molecule has 6 nitrogen and oxygen atoms in total. The van der Waals surface area contributed by atoms with Crippen molar-refractivity contribution in [3.05, 3.63) is 47.3 Å². The number of hydrogen-bond donors (Lipinski definition) is 1. The van der Waals surface area contributed by atoms with Crippen LogP contribution in [-0.4, -0.2) is 45.8 Å². The van der Waals surface area contributed by atoms with Gasteiger partial charge in [-0.1, -0.05) is 18.6 Å². The van der Waals surface area contributed by atoms with E-state index in [0.717, 1.165) is 62.1 Å². The number of nitrogens with zero attached hydrogens (tertiary/aromatic N) is 5. The third-order valence-electron chi connectivity index (χ3n) is 5.04. The number of fused-ring (bicyclic) bond motifs is 1. The molecule has 0 amide bonds. The normalized spacial score (nSPS) is 14.5. The molecule has 0 aliphatic carbocycles. The molecule has 1 aromatic carbocycles. The van der Waals surface area contributed by atoms with E-state index in [1.807, 2.05) is 19.2 Å². The first-order valence-corrected chi connectivity index (χ1v) is 10.3. The van der Waals surface area contributed by atoms with E-state index in [1.165, 1.54) is 31.4 Å². The predicted molar refractivity (Wildman–Crippen MR) is 110 cm³/mol. The number of aromatic nitrogens is 3. The summed E-state index contributed by atoms with van der Waals surface area (Å²) in [6.07, 6.45) is 6.60. The lowest BCUT2D eigenvalue weighted by molar-refractivity contribution is 0.475. The average Bonchev–Trinajstić information content (AvgIpc) is 2.92. The zero-order valence-electron chi connectivity index (χ0n) is 17.0. The van der Waals surface area contributed by atoms with Crippen LogP contribution in [0.3, 0.4) is 0 Å². The summed E-state index contributed by atoms with van der Waals surface area (Å²) in [7, 11) is 2.00. The molecule has 0 saturated heterocycles. The number of halogens is 1. The van der Waals surface area contributed by atoms with Gasteiger partial charge in [-0.3, -0.25) is 4.99 Å². The van der Waals surface area contributed by atoms with Crippen molar-refractivity contribution in [3.8, 4) is 0 Å². The van der Waals surface area contributed by atoms with Crippen molar-refractivity contribution in [2.24, 2.45) is 4.99 Å². The SMILES string of the molecule is CCNC(=NCCCc1nnc2n1CCCCC2)N(C)Cc1ccc(F)cc1. The van der Waals surface area contributed by atoms with E-state index in [1.54, 1.807) is 0 Å². The second-order valence-electron chi connectivity index (χ2n) is 7.32. The molecule has 152 valence electrons. The maximum Gasteiger partial charge on any atom is 0.193 e. The smallest absolute Gasteiger partial charge is 0.193 e. The van der Waals surface area contributed by atoms with E-state index in [-0.39, 0.29) is 5.82 Å². The van der Waals surface area contributed by atoms with Gasteiger partial charge in [-0.05, 0) is 43.9 Å². The van der Waals surface area contributed by atoms with Crippen LogP contribution in [0, 0.1) is 5.82 Å². The maximum atomic E-state index is 13.1.